The zero-order valence-electron chi connectivity index (χ0n) is 8.92. The molecule has 0 unspecified atom stereocenters. The maximum Gasteiger partial charge on any atom is 0.159 e. The quantitative estimate of drug-likeness (QED) is 0.634. The van der Waals surface area contributed by atoms with Gasteiger partial charge in [-0.05, 0) is 18.9 Å². The van der Waals surface area contributed by atoms with Crippen LogP contribution in [-0.4, -0.2) is 5.78 Å². The van der Waals surface area contributed by atoms with E-state index in [1.807, 2.05) is 38.1 Å². The molecule has 0 aliphatic rings. The van der Waals surface area contributed by atoms with E-state index in [-0.39, 0.29) is 5.78 Å². The normalized spacial score (nSPS) is 8.62. The first-order chi connectivity index (χ1) is 6.24. The maximum absolute atomic E-state index is 10.8. The van der Waals surface area contributed by atoms with Gasteiger partial charge < -0.3 is 0 Å². The van der Waals surface area contributed by atoms with Crippen LogP contribution in [0.1, 0.15) is 43.6 Å². The molecule has 0 amide bonds. The molecule has 0 atom stereocenters. The van der Waals surface area contributed by atoms with E-state index in [1.54, 1.807) is 6.92 Å². The van der Waals surface area contributed by atoms with Gasteiger partial charge in [-0.2, -0.15) is 0 Å². The number of benzene rings is 1. The molecule has 1 nitrogen and oxygen atoms in total. The highest BCUT2D eigenvalue weighted by atomic mass is 16.1. The predicted octanol–water partition coefficient (Wildman–Crippen LogP) is 3.48. The fourth-order valence-corrected chi connectivity index (χ4v) is 0.975. The highest BCUT2D eigenvalue weighted by Crippen LogP contribution is 2.04. The highest BCUT2D eigenvalue weighted by Gasteiger charge is 1.96. The number of hydrogen-bond donors (Lipinski definition) is 0. The molecule has 1 heteroatoms. The minimum absolute atomic E-state index is 0.132. The van der Waals surface area contributed by atoms with Crippen LogP contribution < -0.4 is 0 Å². The van der Waals surface area contributed by atoms with Crippen molar-refractivity contribution in [3.8, 4) is 0 Å². The number of carbonyl (C=O) groups excluding carboxylic acids is 1. The van der Waals surface area contributed by atoms with E-state index in [2.05, 4.69) is 6.92 Å². The van der Waals surface area contributed by atoms with Crippen LogP contribution in [0.2, 0.25) is 0 Å². The first kappa shape index (κ1) is 11.9. The average molecular weight is 178 g/mol. The monoisotopic (exact) mass is 178 g/mol. The molecule has 0 aliphatic carbocycles. The summed E-state index contributed by atoms with van der Waals surface area (Å²) in [5.41, 5.74) is 2.07. The topological polar surface area (TPSA) is 17.1 Å². The van der Waals surface area contributed by atoms with Crippen LogP contribution in [0.5, 0.6) is 0 Å². The summed E-state index contributed by atoms with van der Waals surface area (Å²) in [7, 11) is 0. The smallest absolute Gasteiger partial charge is 0.159 e. The summed E-state index contributed by atoms with van der Waals surface area (Å²) in [5, 5.41) is 0. The van der Waals surface area contributed by atoms with Gasteiger partial charge in [0.15, 0.2) is 5.78 Å². The summed E-state index contributed by atoms with van der Waals surface area (Å²) in [4.78, 5) is 10.8. The number of Topliss-reactive ketones (excluding diaryl/α,β-unsaturated/α-hetero) is 1. The predicted molar refractivity (Wildman–Crippen MR) is 57.2 cm³/mol. The fourth-order valence-electron chi connectivity index (χ4n) is 0.975. The Kier molecular flexibility index (Phi) is 5.86. The molecule has 0 aromatic heterocycles. The van der Waals surface area contributed by atoms with E-state index in [4.69, 9.17) is 0 Å². The number of carbonyl (C=O) groups is 1. The number of aryl methyl sites for hydroxylation is 1. The van der Waals surface area contributed by atoms with Crippen LogP contribution in [0.4, 0.5) is 0 Å². The van der Waals surface area contributed by atoms with Gasteiger partial charge in [0.2, 0.25) is 0 Å². The Hall–Kier alpha value is -1.11. The van der Waals surface area contributed by atoms with E-state index >= 15 is 0 Å². The molecule has 0 N–H and O–H groups in total. The number of ketones is 1. The molecule has 72 valence electrons. The van der Waals surface area contributed by atoms with E-state index in [0.717, 1.165) is 12.0 Å². The van der Waals surface area contributed by atoms with Gasteiger partial charge in [0.1, 0.15) is 0 Å². The minimum atomic E-state index is 0.132. The molecule has 0 saturated carbocycles. The standard InChI is InChI=1S/C10H12O.C2H6/c1-3-9-4-6-10(7-5-9)8(2)11;1-2/h4-7H,3H2,1-2H3;1-2H3. The Labute approximate surface area is 80.8 Å². The van der Waals surface area contributed by atoms with Crippen molar-refractivity contribution in [1.82, 2.24) is 0 Å². The third-order valence-electron chi connectivity index (χ3n) is 1.77. The SMILES string of the molecule is CC.CCc1ccc(C(C)=O)cc1. The Morgan fingerprint density at radius 3 is 1.92 bits per heavy atom. The summed E-state index contributed by atoms with van der Waals surface area (Å²) < 4.78 is 0. The Balaban J connectivity index is 0.000000671. The van der Waals surface area contributed by atoms with Gasteiger partial charge in [-0.25, -0.2) is 0 Å². The largest absolute Gasteiger partial charge is 0.295 e. The zero-order valence-corrected chi connectivity index (χ0v) is 8.92. The molecule has 1 aromatic carbocycles. The Morgan fingerprint density at radius 1 is 1.15 bits per heavy atom. The van der Waals surface area contributed by atoms with Crippen LogP contribution in [0, 0.1) is 0 Å². The molecular formula is C12H18O. The van der Waals surface area contributed by atoms with Crippen molar-refractivity contribution in [2.75, 3.05) is 0 Å². The van der Waals surface area contributed by atoms with Gasteiger partial charge in [0.25, 0.3) is 0 Å². The van der Waals surface area contributed by atoms with Crippen molar-refractivity contribution >= 4 is 5.78 Å². The number of hydrogen-bond acceptors (Lipinski definition) is 1. The summed E-state index contributed by atoms with van der Waals surface area (Å²) >= 11 is 0. The number of rotatable bonds is 2. The zero-order chi connectivity index (χ0) is 10.3. The van der Waals surface area contributed by atoms with Crippen LogP contribution >= 0.6 is 0 Å². The molecule has 0 fully saturated rings. The first-order valence-corrected chi connectivity index (χ1v) is 4.84. The molecule has 0 radical (unpaired) electrons. The molecule has 0 bridgehead atoms. The summed E-state index contributed by atoms with van der Waals surface area (Å²) in [6, 6.07) is 7.75. The van der Waals surface area contributed by atoms with E-state index in [9.17, 15) is 4.79 Å². The van der Waals surface area contributed by atoms with Crippen molar-refractivity contribution in [1.29, 1.82) is 0 Å². The van der Waals surface area contributed by atoms with Gasteiger partial charge in [0.05, 0.1) is 0 Å². The van der Waals surface area contributed by atoms with Crippen LogP contribution in [-0.2, 0) is 6.42 Å². The maximum atomic E-state index is 10.8. The summed E-state index contributed by atoms with van der Waals surface area (Å²) in [6.07, 6.45) is 1.03. The van der Waals surface area contributed by atoms with Gasteiger partial charge in [0, 0.05) is 5.56 Å². The molecule has 0 spiro atoms. The van der Waals surface area contributed by atoms with Gasteiger partial charge in [-0.3, -0.25) is 4.79 Å². The van der Waals surface area contributed by atoms with Crippen LogP contribution in [0.15, 0.2) is 24.3 Å². The molecule has 1 rings (SSSR count). The summed E-state index contributed by atoms with van der Waals surface area (Å²) in [6.45, 7) is 7.68. The highest BCUT2D eigenvalue weighted by molar-refractivity contribution is 5.93. The lowest BCUT2D eigenvalue weighted by atomic mass is 10.1. The van der Waals surface area contributed by atoms with Crippen molar-refractivity contribution in [2.45, 2.75) is 34.1 Å². The van der Waals surface area contributed by atoms with E-state index in [0.29, 0.717) is 0 Å². The van der Waals surface area contributed by atoms with E-state index in [1.165, 1.54) is 5.56 Å². The second-order valence-corrected chi connectivity index (χ2v) is 2.61. The second-order valence-electron chi connectivity index (χ2n) is 2.61. The fraction of sp³-hybridized carbons (Fsp3) is 0.417. The van der Waals surface area contributed by atoms with Gasteiger partial charge in [-0.15, -0.1) is 0 Å². The van der Waals surface area contributed by atoms with Crippen molar-refractivity contribution < 1.29 is 4.79 Å². The van der Waals surface area contributed by atoms with Crippen LogP contribution in [0.3, 0.4) is 0 Å². The van der Waals surface area contributed by atoms with Crippen molar-refractivity contribution in [2.24, 2.45) is 0 Å². The Bertz CT molecular complexity index is 246. The molecule has 0 saturated heterocycles. The Morgan fingerprint density at radius 2 is 1.62 bits per heavy atom. The first-order valence-electron chi connectivity index (χ1n) is 4.84. The van der Waals surface area contributed by atoms with Crippen molar-refractivity contribution in [3.63, 3.8) is 0 Å². The molecule has 13 heavy (non-hydrogen) atoms. The summed E-state index contributed by atoms with van der Waals surface area (Å²) in [5.74, 6) is 0.132. The van der Waals surface area contributed by atoms with Gasteiger partial charge in [-0.1, -0.05) is 45.0 Å². The molecule has 0 aliphatic heterocycles. The lowest BCUT2D eigenvalue weighted by Crippen LogP contribution is -1.91. The second kappa shape index (κ2) is 6.41. The van der Waals surface area contributed by atoms with E-state index < -0.39 is 0 Å². The minimum Gasteiger partial charge on any atom is -0.295 e. The lowest BCUT2D eigenvalue weighted by molar-refractivity contribution is 0.101. The molecule has 0 heterocycles. The third kappa shape index (κ3) is 3.88. The molecule has 1 aromatic rings. The third-order valence-corrected chi connectivity index (χ3v) is 1.77. The lowest BCUT2D eigenvalue weighted by Gasteiger charge is -1.97. The van der Waals surface area contributed by atoms with Crippen molar-refractivity contribution in [3.05, 3.63) is 35.4 Å². The molecular weight excluding hydrogens is 160 g/mol. The van der Waals surface area contributed by atoms with Crippen LogP contribution in [0.25, 0.3) is 0 Å². The van der Waals surface area contributed by atoms with Gasteiger partial charge >= 0.3 is 0 Å². The average Bonchev–Trinajstić information content (AvgIpc) is 2.21.